The summed E-state index contributed by atoms with van der Waals surface area (Å²) < 4.78 is 13.2. The molecule has 108 valence electrons. The third-order valence-electron chi connectivity index (χ3n) is 3.55. The van der Waals surface area contributed by atoms with Crippen molar-refractivity contribution in [2.75, 3.05) is 18.4 Å². The number of hydrogen-bond acceptors (Lipinski definition) is 4. The van der Waals surface area contributed by atoms with E-state index in [-0.39, 0.29) is 11.6 Å². The Morgan fingerprint density at radius 1 is 1.55 bits per heavy atom. The van der Waals surface area contributed by atoms with Crippen LogP contribution >= 0.6 is 0 Å². The highest BCUT2D eigenvalue weighted by Crippen LogP contribution is 2.28. The van der Waals surface area contributed by atoms with Crippen molar-refractivity contribution in [1.29, 1.82) is 0 Å². The molecule has 20 heavy (non-hydrogen) atoms. The number of carbonyl (C=O) groups is 1. The molecule has 1 aromatic rings. The first kappa shape index (κ1) is 14.4. The lowest BCUT2D eigenvalue weighted by atomic mass is 9.82. The summed E-state index contributed by atoms with van der Waals surface area (Å²) in [5, 5.41) is 16.4. The molecular formula is C13H16FN3O3. The van der Waals surface area contributed by atoms with E-state index >= 15 is 0 Å². The standard InChI is InChI=1S/C13H16FN3O3/c1-13(5-2-6-15-8-13)12(18)16-9-3-4-10(14)11(7-9)17(19)20/h3-4,7,15H,2,5-6,8H2,1H3,(H,16,18). The zero-order valence-electron chi connectivity index (χ0n) is 11.1. The minimum Gasteiger partial charge on any atom is -0.325 e. The van der Waals surface area contributed by atoms with Gasteiger partial charge in [-0.05, 0) is 38.4 Å². The molecule has 1 saturated heterocycles. The SMILES string of the molecule is CC1(C(=O)Nc2ccc(F)c([N+](=O)[O-])c2)CCCNC1. The lowest BCUT2D eigenvalue weighted by molar-refractivity contribution is -0.387. The van der Waals surface area contributed by atoms with Crippen LogP contribution < -0.4 is 10.6 Å². The Hall–Kier alpha value is -2.02. The average Bonchev–Trinajstić information content (AvgIpc) is 2.41. The van der Waals surface area contributed by atoms with Gasteiger partial charge < -0.3 is 10.6 Å². The van der Waals surface area contributed by atoms with E-state index in [0.29, 0.717) is 6.54 Å². The van der Waals surface area contributed by atoms with Gasteiger partial charge in [0.25, 0.3) is 0 Å². The van der Waals surface area contributed by atoms with Crippen LogP contribution in [0, 0.1) is 21.3 Å². The number of rotatable bonds is 3. The molecular weight excluding hydrogens is 265 g/mol. The molecule has 0 bridgehead atoms. The second-order valence-electron chi connectivity index (χ2n) is 5.22. The Bertz CT molecular complexity index is 542. The van der Waals surface area contributed by atoms with Crippen LogP contribution in [0.1, 0.15) is 19.8 Å². The maximum atomic E-state index is 13.2. The topological polar surface area (TPSA) is 84.3 Å². The zero-order chi connectivity index (χ0) is 14.8. The van der Waals surface area contributed by atoms with Gasteiger partial charge in [0.05, 0.1) is 10.3 Å². The maximum absolute atomic E-state index is 13.2. The van der Waals surface area contributed by atoms with Crippen molar-refractivity contribution in [3.05, 3.63) is 34.1 Å². The molecule has 1 heterocycles. The van der Waals surface area contributed by atoms with Gasteiger partial charge in [0.2, 0.25) is 11.7 Å². The van der Waals surface area contributed by atoms with Gasteiger partial charge in [0.15, 0.2) is 0 Å². The molecule has 1 amide bonds. The minimum absolute atomic E-state index is 0.217. The van der Waals surface area contributed by atoms with Crippen LogP contribution in [0.25, 0.3) is 0 Å². The normalized spacial score (nSPS) is 22.3. The zero-order valence-corrected chi connectivity index (χ0v) is 11.1. The Morgan fingerprint density at radius 3 is 2.90 bits per heavy atom. The minimum atomic E-state index is -0.918. The van der Waals surface area contributed by atoms with Crippen LogP contribution in [0.3, 0.4) is 0 Å². The van der Waals surface area contributed by atoms with E-state index in [1.54, 1.807) is 0 Å². The van der Waals surface area contributed by atoms with Crippen LogP contribution in [0.4, 0.5) is 15.8 Å². The summed E-state index contributed by atoms with van der Waals surface area (Å²) in [5.41, 5.74) is -0.967. The van der Waals surface area contributed by atoms with Crippen LogP contribution in [-0.2, 0) is 4.79 Å². The van der Waals surface area contributed by atoms with E-state index in [4.69, 9.17) is 0 Å². The van der Waals surface area contributed by atoms with E-state index < -0.39 is 21.8 Å². The molecule has 7 heteroatoms. The molecule has 2 rings (SSSR count). The van der Waals surface area contributed by atoms with Crippen molar-refractivity contribution in [1.82, 2.24) is 5.32 Å². The maximum Gasteiger partial charge on any atom is 0.306 e. The smallest absolute Gasteiger partial charge is 0.306 e. The molecule has 6 nitrogen and oxygen atoms in total. The number of anilines is 1. The summed E-state index contributed by atoms with van der Waals surface area (Å²) in [7, 11) is 0. The van der Waals surface area contributed by atoms with Crippen LogP contribution in [0.5, 0.6) is 0 Å². The summed E-state index contributed by atoms with van der Waals surface area (Å²) in [5.74, 6) is -1.14. The Kier molecular flexibility index (Phi) is 3.99. The Labute approximate surface area is 115 Å². The van der Waals surface area contributed by atoms with E-state index in [1.165, 1.54) is 6.07 Å². The molecule has 0 aliphatic carbocycles. The second-order valence-corrected chi connectivity index (χ2v) is 5.22. The second kappa shape index (κ2) is 5.54. The Morgan fingerprint density at radius 2 is 2.30 bits per heavy atom. The van der Waals surface area contributed by atoms with Crippen LogP contribution in [0.2, 0.25) is 0 Å². The van der Waals surface area contributed by atoms with Crippen LogP contribution in [-0.4, -0.2) is 23.9 Å². The predicted octanol–water partition coefficient (Wildman–Crippen LogP) is 2.06. The summed E-state index contributed by atoms with van der Waals surface area (Å²) in [6.45, 7) is 3.28. The van der Waals surface area contributed by atoms with Crippen molar-refractivity contribution >= 4 is 17.3 Å². The van der Waals surface area contributed by atoms with Gasteiger partial charge in [-0.2, -0.15) is 4.39 Å². The Balaban J connectivity index is 2.15. The third-order valence-corrected chi connectivity index (χ3v) is 3.55. The number of halogens is 1. The lowest BCUT2D eigenvalue weighted by Gasteiger charge is -2.32. The molecule has 0 spiro atoms. The van der Waals surface area contributed by atoms with Crippen molar-refractivity contribution in [2.45, 2.75) is 19.8 Å². The molecule has 1 unspecified atom stereocenters. The number of hydrogen-bond donors (Lipinski definition) is 2. The fourth-order valence-corrected chi connectivity index (χ4v) is 2.26. The van der Waals surface area contributed by atoms with Gasteiger partial charge in [-0.1, -0.05) is 0 Å². The average molecular weight is 281 g/mol. The highest BCUT2D eigenvalue weighted by molar-refractivity contribution is 5.95. The summed E-state index contributed by atoms with van der Waals surface area (Å²) >= 11 is 0. The van der Waals surface area contributed by atoms with Gasteiger partial charge in [-0.3, -0.25) is 14.9 Å². The fourth-order valence-electron chi connectivity index (χ4n) is 2.26. The molecule has 0 radical (unpaired) electrons. The molecule has 0 aromatic heterocycles. The van der Waals surface area contributed by atoms with Gasteiger partial charge in [0, 0.05) is 18.3 Å². The number of piperidine rings is 1. The van der Waals surface area contributed by atoms with Crippen molar-refractivity contribution in [2.24, 2.45) is 5.41 Å². The monoisotopic (exact) mass is 281 g/mol. The number of carbonyl (C=O) groups excluding carboxylic acids is 1. The predicted molar refractivity (Wildman–Crippen MR) is 71.9 cm³/mol. The van der Waals surface area contributed by atoms with Crippen molar-refractivity contribution in [3.8, 4) is 0 Å². The number of nitro groups is 1. The molecule has 1 aromatic carbocycles. The number of benzene rings is 1. The first-order valence-corrected chi connectivity index (χ1v) is 6.38. The van der Waals surface area contributed by atoms with E-state index in [9.17, 15) is 19.3 Å². The van der Waals surface area contributed by atoms with E-state index in [2.05, 4.69) is 10.6 Å². The first-order valence-electron chi connectivity index (χ1n) is 6.38. The van der Waals surface area contributed by atoms with Gasteiger partial charge in [-0.25, -0.2) is 0 Å². The van der Waals surface area contributed by atoms with Gasteiger partial charge in [0.1, 0.15) is 0 Å². The van der Waals surface area contributed by atoms with Gasteiger partial charge >= 0.3 is 5.69 Å². The summed E-state index contributed by atoms with van der Waals surface area (Å²) in [4.78, 5) is 22.1. The number of amides is 1. The van der Waals surface area contributed by atoms with Gasteiger partial charge in [-0.15, -0.1) is 0 Å². The molecule has 1 atom stereocenters. The number of nitrogens with one attached hydrogen (secondary N) is 2. The van der Waals surface area contributed by atoms with Crippen molar-refractivity contribution in [3.63, 3.8) is 0 Å². The first-order chi connectivity index (χ1) is 9.42. The molecule has 0 saturated carbocycles. The molecule has 1 aliphatic heterocycles. The lowest BCUT2D eigenvalue weighted by Crippen LogP contribution is -2.46. The highest BCUT2D eigenvalue weighted by Gasteiger charge is 2.34. The van der Waals surface area contributed by atoms with Crippen molar-refractivity contribution < 1.29 is 14.1 Å². The number of nitrogens with zero attached hydrogens (tertiary/aromatic N) is 1. The summed E-state index contributed by atoms with van der Waals surface area (Å²) in [6.07, 6.45) is 1.64. The van der Waals surface area contributed by atoms with Crippen LogP contribution in [0.15, 0.2) is 18.2 Å². The molecule has 1 fully saturated rings. The molecule has 1 aliphatic rings. The summed E-state index contributed by atoms with van der Waals surface area (Å²) in [6, 6.07) is 3.34. The quantitative estimate of drug-likeness (QED) is 0.656. The number of nitro benzene ring substituents is 1. The molecule has 2 N–H and O–H groups in total. The largest absolute Gasteiger partial charge is 0.325 e. The van der Waals surface area contributed by atoms with E-state index in [0.717, 1.165) is 31.5 Å². The third kappa shape index (κ3) is 2.93. The fraction of sp³-hybridized carbons (Fsp3) is 0.462. The highest BCUT2D eigenvalue weighted by atomic mass is 19.1. The van der Waals surface area contributed by atoms with E-state index in [1.807, 2.05) is 6.92 Å².